The number of anilines is 9. The van der Waals surface area contributed by atoms with Crippen molar-refractivity contribution in [3.63, 3.8) is 0 Å². The number of fused-ring (bicyclic) bond motifs is 21. The van der Waals surface area contributed by atoms with Crippen LogP contribution < -0.4 is 14.7 Å². The molecule has 3 heteroatoms. The molecule has 0 saturated carbocycles. The standard InChI is InChI=1S/3C49H43N/c3*1-47(2)44-29-35-17-11-10-16-34(35)28-42(44)41-27-25-37(30-45(41)47)50(36-22-20-33(21-23-36)32-14-8-7-9-15-32)38-24-26-40-39-18-12-13-19-43(39)48(3,4)49(5,6)46(40)31-38/h3*7-31H,1-6H3/i10D,11D,16D,17D,25D,27D,28D,29D,30D;7D,8D,9D,14D,15D,20D,21D,22D,23D;12D,13D,18D,19D,24D,26D,31D. The van der Waals surface area contributed by atoms with E-state index in [1.54, 1.807) is 4.90 Å². The average molecular weight is 1960 g/mol. The molecule has 21 aromatic rings. The molecule has 6 aliphatic carbocycles. The van der Waals surface area contributed by atoms with Crippen molar-refractivity contribution in [2.24, 2.45) is 0 Å². The maximum Gasteiger partial charge on any atom is 0.0648 e. The van der Waals surface area contributed by atoms with E-state index < -0.39 is 106 Å². The van der Waals surface area contributed by atoms with E-state index in [4.69, 9.17) is 17.8 Å². The number of hydrogen-bond acceptors (Lipinski definition) is 3. The van der Waals surface area contributed by atoms with E-state index in [9.17, 15) is 16.4 Å². The Labute approximate surface area is 922 Å². The van der Waals surface area contributed by atoms with Gasteiger partial charge in [0.1, 0.15) is 0 Å². The highest BCUT2D eigenvalue weighted by atomic mass is 15.2. The zero-order chi connectivity index (χ0) is 125. The summed E-state index contributed by atoms with van der Waals surface area (Å²) in [6.45, 7) is 38.5. The summed E-state index contributed by atoms with van der Waals surface area (Å²) in [6, 6.07) is 95.1. The Hall–Kier alpha value is -16.2. The third kappa shape index (κ3) is 14.9. The van der Waals surface area contributed by atoms with E-state index in [0.29, 0.717) is 45.0 Å². The minimum absolute atomic E-state index is 0.0108. The SMILES string of the molecule is [2H]c1c([2H])c(N(c2ccc(-c3ccccc3)cc2)c2ccc3c(c2)C(C)(C)C(C)(C)c2ccccc2-3)c([2H])c2c1-c1c(c([2H])c3c([2H])c([2H])c([2H])c([2H])c3c1[2H])C2(C)C.[2H]c1c([2H])c([2H])c(-c2c([2H])c([2H])c(N(c3ccc4c(c3)C(C)(C)c3cc5ccccc5cc3-4)c3ccc4c(c3)C(C)(C)C(C)(C)c3ccccc3-4)c([2H])c2[2H])c([2H])c1[2H].[2H]c1c([2H])c([2H])c2c(c1[2H])-c1c([2H])c([2H])c(N(c3ccc(-c4ccccc4)cc3)c3ccc4c(c3)C(C)(C)c3cc5ccccc5cc3-4)c([2H])c1C(C)(C)C2(C)C. The van der Waals surface area contributed by atoms with E-state index in [-0.39, 0.29) is 155 Å². The van der Waals surface area contributed by atoms with Gasteiger partial charge in [0.2, 0.25) is 0 Å². The van der Waals surface area contributed by atoms with Gasteiger partial charge in [-0.3, -0.25) is 0 Å². The number of rotatable bonds is 12. The maximum atomic E-state index is 10.1. The molecule has 0 aliphatic heterocycles. The summed E-state index contributed by atoms with van der Waals surface area (Å²) in [4.78, 5) is 5.63. The van der Waals surface area contributed by atoms with Crippen LogP contribution in [0, 0.1) is 0 Å². The van der Waals surface area contributed by atoms with Crippen molar-refractivity contribution in [2.45, 2.75) is 173 Å². The fourth-order valence-corrected chi connectivity index (χ4v) is 24.4. The normalized spacial score (nSPS) is 18.2. The molecule has 27 rings (SSSR count). The van der Waals surface area contributed by atoms with Crippen LogP contribution in [-0.2, 0) is 48.7 Å². The summed E-state index contributed by atoms with van der Waals surface area (Å²) < 4.78 is 227. The van der Waals surface area contributed by atoms with Crippen molar-refractivity contribution < 1.29 is 34.3 Å². The lowest BCUT2D eigenvalue weighted by Crippen LogP contribution is -2.43. The summed E-state index contributed by atoms with van der Waals surface area (Å²) in [5, 5.41) is 4.49. The van der Waals surface area contributed by atoms with Crippen LogP contribution in [0.5, 0.6) is 0 Å². The molecule has 0 aromatic heterocycles. The summed E-state index contributed by atoms with van der Waals surface area (Å²) in [5.41, 5.74) is 23.9. The highest BCUT2D eigenvalue weighted by Crippen LogP contribution is 2.63. The third-order valence-corrected chi connectivity index (χ3v) is 35.1. The zero-order valence-corrected chi connectivity index (χ0v) is 87.7. The molecule has 3 nitrogen and oxygen atoms in total. The van der Waals surface area contributed by atoms with Crippen molar-refractivity contribution in [3.8, 4) is 100 Å². The molecule has 0 fully saturated rings. The molecule has 0 bridgehead atoms. The van der Waals surface area contributed by atoms with Gasteiger partial charge in [-0.15, -0.1) is 0 Å². The minimum atomic E-state index is -1.15. The smallest absolute Gasteiger partial charge is 0.0648 e. The first-order valence-electron chi connectivity index (χ1n) is 64.3. The van der Waals surface area contributed by atoms with Gasteiger partial charge in [0.15, 0.2) is 0 Å². The van der Waals surface area contributed by atoms with Crippen LogP contribution in [0.2, 0.25) is 0 Å². The van der Waals surface area contributed by atoms with Gasteiger partial charge in [-0.1, -0.05) is 434 Å². The van der Waals surface area contributed by atoms with E-state index >= 15 is 0 Å². The molecule has 0 N–H and O–H groups in total. The maximum absolute atomic E-state index is 10.1. The Balaban J connectivity index is 0.000000131. The van der Waals surface area contributed by atoms with Gasteiger partial charge in [0, 0.05) is 67.4 Å². The lowest BCUT2D eigenvalue weighted by atomic mass is 9.55. The van der Waals surface area contributed by atoms with E-state index in [1.165, 1.54) is 38.6 Å². The molecule has 0 amide bonds. The lowest BCUT2D eigenvalue weighted by Gasteiger charge is -2.48. The molecule has 0 saturated heterocycles. The Morgan fingerprint density at radius 2 is 0.447 bits per heavy atom. The van der Waals surface area contributed by atoms with Crippen LogP contribution in [0.4, 0.5) is 51.2 Å². The minimum Gasteiger partial charge on any atom is -0.310 e. The first kappa shape index (κ1) is 70.6. The number of nitrogens with zero attached hydrogens (tertiary/aromatic N) is 3. The molecule has 6 aliphatic rings. The first-order chi connectivity index (χ1) is 82.6. The quantitative estimate of drug-likeness (QED) is 0.121. The Bertz CT molecular complexity index is 10600. The van der Waals surface area contributed by atoms with Crippen molar-refractivity contribution in [2.75, 3.05) is 14.7 Å². The van der Waals surface area contributed by atoms with Gasteiger partial charge in [-0.05, 0) is 377 Å². The molecule has 0 atom stereocenters. The molecule has 0 spiro atoms. The monoisotopic (exact) mass is 1960 g/mol. The summed E-state index contributed by atoms with van der Waals surface area (Å²) in [7, 11) is 0. The second-order valence-electron chi connectivity index (χ2n) is 45.6. The molecule has 150 heavy (non-hydrogen) atoms. The van der Waals surface area contributed by atoms with Crippen molar-refractivity contribution in [1.82, 2.24) is 0 Å². The molecular weight excluding hydrogens is 1810 g/mol. The highest BCUT2D eigenvalue weighted by Gasteiger charge is 2.51. The van der Waals surface area contributed by atoms with Gasteiger partial charge in [-0.2, -0.15) is 0 Å². The number of benzene rings is 21. The Kier molecular flexibility index (Phi) is 16.5. The average Bonchev–Trinajstić information content (AvgIpc) is 1.67. The van der Waals surface area contributed by atoms with Gasteiger partial charge >= 0.3 is 0 Å². The Morgan fingerprint density at radius 1 is 0.147 bits per heavy atom. The molecule has 21 aromatic carbocycles. The molecule has 0 radical (unpaired) electrons. The zero-order valence-electron chi connectivity index (χ0n) is 113. The fourth-order valence-electron chi connectivity index (χ4n) is 24.4. The first-order valence-corrected chi connectivity index (χ1v) is 51.8. The summed E-state index contributed by atoms with van der Waals surface area (Å²) in [6.07, 6.45) is 0. The van der Waals surface area contributed by atoms with Crippen LogP contribution in [-0.4, -0.2) is 0 Å². The van der Waals surface area contributed by atoms with E-state index in [1.807, 2.05) is 191 Å². The third-order valence-electron chi connectivity index (χ3n) is 35.1. The van der Waals surface area contributed by atoms with Crippen LogP contribution in [0.25, 0.3) is 132 Å². The molecule has 732 valence electrons. The van der Waals surface area contributed by atoms with E-state index in [2.05, 4.69) is 247 Å². The lowest BCUT2D eigenvalue weighted by molar-refractivity contribution is 0.299. The predicted octanol–water partition coefficient (Wildman–Crippen LogP) is 40.6. The van der Waals surface area contributed by atoms with Crippen molar-refractivity contribution in [1.29, 1.82) is 0 Å². The molecule has 0 heterocycles. The van der Waals surface area contributed by atoms with Crippen LogP contribution in [0.15, 0.2) is 454 Å². The topological polar surface area (TPSA) is 9.72 Å². The highest BCUT2D eigenvalue weighted by molar-refractivity contribution is 6.00. The Morgan fingerprint density at radius 3 is 0.913 bits per heavy atom. The van der Waals surface area contributed by atoms with Crippen molar-refractivity contribution in [3.05, 3.63) is 521 Å². The largest absolute Gasteiger partial charge is 0.310 e. The van der Waals surface area contributed by atoms with Gasteiger partial charge in [0.05, 0.1) is 34.3 Å². The number of hydrogen-bond donors (Lipinski definition) is 0. The fraction of sp³-hybridized carbons (Fsp3) is 0.184. The second kappa shape index (κ2) is 35.0. The molecular formula is C147H129N3. The van der Waals surface area contributed by atoms with Gasteiger partial charge in [0.25, 0.3) is 0 Å². The van der Waals surface area contributed by atoms with Crippen LogP contribution >= 0.6 is 0 Å². The predicted molar refractivity (Wildman–Crippen MR) is 639 cm³/mol. The second-order valence-corrected chi connectivity index (χ2v) is 45.6. The molecule has 0 unspecified atom stereocenters. The van der Waals surface area contributed by atoms with E-state index in [0.717, 1.165) is 106 Å². The van der Waals surface area contributed by atoms with Crippen molar-refractivity contribution >= 4 is 83.5 Å². The van der Waals surface area contributed by atoms with Crippen LogP contribution in [0.1, 0.15) is 226 Å². The summed E-state index contributed by atoms with van der Waals surface area (Å²) in [5.74, 6) is 0. The summed E-state index contributed by atoms with van der Waals surface area (Å²) >= 11 is 0. The van der Waals surface area contributed by atoms with Crippen LogP contribution in [0.3, 0.4) is 0 Å². The van der Waals surface area contributed by atoms with Gasteiger partial charge in [-0.25, -0.2) is 0 Å². The van der Waals surface area contributed by atoms with Gasteiger partial charge < -0.3 is 14.7 Å².